The van der Waals surface area contributed by atoms with Crippen LogP contribution in [0.2, 0.25) is 0 Å². The second kappa shape index (κ2) is 6.02. The van der Waals surface area contributed by atoms with Gasteiger partial charge in [-0.05, 0) is 18.9 Å². The summed E-state index contributed by atoms with van der Waals surface area (Å²) >= 11 is 0. The van der Waals surface area contributed by atoms with Gasteiger partial charge in [-0.2, -0.15) is 17.8 Å². The number of carbonyl (C=O) groups excluding carboxylic acids is 1. The molecular weight excluding hydrogens is 337 g/mol. The smallest absolute Gasteiger partial charge is 0.303 e. The van der Waals surface area contributed by atoms with Gasteiger partial charge in [-0.3, -0.25) is 4.79 Å². The zero-order valence-corrected chi connectivity index (χ0v) is 14.2. The predicted molar refractivity (Wildman–Crippen MR) is 86.7 cm³/mol. The Morgan fingerprint density at radius 2 is 2.00 bits per heavy atom. The first-order valence-corrected chi connectivity index (χ1v) is 8.90. The number of anilines is 1. The van der Waals surface area contributed by atoms with Gasteiger partial charge in [-0.15, -0.1) is 0 Å². The SMILES string of the molecule is CN(C)S(=O)(=O)NC(=O)c1cnn2ccc(N3CCCC3)c(F)c12. The number of amides is 1. The van der Waals surface area contributed by atoms with Gasteiger partial charge in [-0.25, -0.2) is 13.6 Å². The minimum Gasteiger partial charge on any atom is -0.369 e. The third-order valence-corrected chi connectivity index (χ3v) is 5.40. The van der Waals surface area contributed by atoms with Gasteiger partial charge >= 0.3 is 10.2 Å². The van der Waals surface area contributed by atoms with Gasteiger partial charge in [0.25, 0.3) is 5.91 Å². The van der Waals surface area contributed by atoms with Gasteiger partial charge in [0, 0.05) is 33.4 Å². The number of pyridine rings is 1. The Morgan fingerprint density at radius 1 is 1.33 bits per heavy atom. The predicted octanol–water partition coefficient (Wildman–Crippen LogP) is 0.610. The van der Waals surface area contributed by atoms with Crippen LogP contribution in [-0.2, 0) is 10.2 Å². The van der Waals surface area contributed by atoms with Crippen molar-refractivity contribution >= 4 is 27.3 Å². The van der Waals surface area contributed by atoms with E-state index in [-0.39, 0.29) is 11.1 Å². The van der Waals surface area contributed by atoms with Gasteiger partial charge in [-0.1, -0.05) is 0 Å². The highest BCUT2D eigenvalue weighted by Gasteiger charge is 2.25. The molecule has 2 aromatic heterocycles. The van der Waals surface area contributed by atoms with Crippen molar-refractivity contribution in [2.24, 2.45) is 0 Å². The summed E-state index contributed by atoms with van der Waals surface area (Å²) in [5.41, 5.74) is 0.231. The molecule has 1 aliphatic rings. The topological polar surface area (TPSA) is 87.0 Å². The molecule has 1 fully saturated rings. The molecule has 0 atom stereocenters. The molecule has 1 aliphatic heterocycles. The fraction of sp³-hybridized carbons (Fsp3) is 0.429. The van der Waals surface area contributed by atoms with Crippen molar-refractivity contribution in [1.82, 2.24) is 18.6 Å². The summed E-state index contributed by atoms with van der Waals surface area (Å²) in [6.45, 7) is 1.50. The maximum absolute atomic E-state index is 14.9. The Morgan fingerprint density at radius 3 is 2.62 bits per heavy atom. The maximum Gasteiger partial charge on any atom is 0.303 e. The number of aromatic nitrogens is 2. The number of fused-ring (bicyclic) bond motifs is 1. The lowest BCUT2D eigenvalue weighted by molar-refractivity contribution is 0.0981. The molecule has 3 rings (SSSR count). The Bertz CT molecular complexity index is 887. The standard InChI is InChI=1S/C14H18FN5O3S/c1-18(2)24(22,23)17-14(21)10-9-16-20-8-5-11(12(15)13(10)20)19-6-3-4-7-19/h5,8-9H,3-4,6-7H2,1-2H3,(H,17,21). The average Bonchev–Trinajstić information content (AvgIpc) is 3.16. The molecule has 24 heavy (non-hydrogen) atoms. The summed E-state index contributed by atoms with van der Waals surface area (Å²) in [6, 6.07) is 1.61. The summed E-state index contributed by atoms with van der Waals surface area (Å²) < 4.78 is 42.5. The fourth-order valence-corrected chi connectivity index (χ4v) is 3.19. The van der Waals surface area contributed by atoms with Gasteiger partial charge in [0.05, 0.1) is 17.4 Å². The highest BCUT2D eigenvalue weighted by molar-refractivity contribution is 7.87. The Kier molecular flexibility index (Phi) is 4.18. The van der Waals surface area contributed by atoms with Crippen molar-refractivity contribution in [3.63, 3.8) is 0 Å². The van der Waals surface area contributed by atoms with Crippen LogP contribution in [0, 0.1) is 5.82 Å². The summed E-state index contributed by atoms with van der Waals surface area (Å²) in [5.74, 6) is -1.50. The summed E-state index contributed by atoms with van der Waals surface area (Å²) in [5, 5.41) is 3.93. The van der Waals surface area contributed by atoms with Gasteiger partial charge in [0.1, 0.15) is 5.52 Å². The normalized spacial score (nSPS) is 15.4. The Labute approximate surface area is 139 Å². The lowest BCUT2D eigenvalue weighted by Gasteiger charge is -2.18. The Hall–Kier alpha value is -2.20. The second-order valence-corrected chi connectivity index (χ2v) is 7.66. The van der Waals surface area contributed by atoms with E-state index in [1.54, 1.807) is 12.3 Å². The van der Waals surface area contributed by atoms with E-state index in [1.807, 2.05) is 9.62 Å². The molecule has 1 N–H and O–H groups in total. The van der Waals surface area contributed by atoms with Crippen molar-refractivity contribution in [1.29, 1.82) is 0 Å². The highest BCUT2D eigenvalue weighted by Crippen LogP contribution is 2.28. The van der Waals surface area contributed by atoms with Crippen molar-refractivity contribution < 1.29 is 17.6 Å². The van der Waals surface area contributed by atoms with Gasteiger partial charge in [0.15, 0.2) is 5.82 Å². The van der Waals surface area contributed by atoms with E-state index in [4.69, 9.17) is 0 Å². The minimum atomic E-state index is -3.97. The maximum atomic E-state index is 14.9. The summed E-state index contributed by atoms with van der Waals surface area (Å²) in [7, 11) is -1.39. The van der Waals surface area contributed by atoms with Crippen molar-refractivity contribution in [3.8, 4) is 0 Å². The van der Waals surface area contributed by atoms with Crippen LogP contribution in [0.15, 0.2) is 18.5 Å². The molecule has 0 saturated carbocycles. The van der Waals surface area contributed by atoms with E-state index in [2.05, 4.69) is 5.10 Å². The van der Waals surface area contributed by atoms with Crippen LogP contribution < -0.4 is 9.62 Å². The average molecular weight is 355 g/mol. The van der Waals surface area contributed by atoms with E-state index >= 15 is 0 Å². The number of halogens is 1. The van der Waals surface area contributed by atoms with Crippen LogP contribution in [0.25, 0.3) is 5.52 Å². The number of carbonyl (C=O) groups is 1. The third-order valence-electron chi connectivity index (χ3n) is 4.00. The van der Waals surface area contributed by atoms with Crippen LogP contribution in [-0.4, -0.2) is 55.4 Å². The number of nitrogens with one attached hydrogen (secondary N) is 1. The third kappa shape index (κ3) is 2.82. The van der Waals surface area contributed by atoms with Crippen LogP contribution in [0.4, 0.5) is 10.1 Å². The summed E-state index contributed by atoms with van der Waals surface area (Å²) in [6.07, 6.45) is 4.69. The first-order chi connectivity index (χ1) is 11.3. The molecule has 10 heteroatoms. The van der Waals surface area contributed by atoms with E-state index in [0.29, 0.717) is 5.69 Å². The molecular formula is C14H18FN5O3S. The van der Waals surface area contributed by atoms with E-state index in [0.717, 1.165) is 36.4 Å². The lowest BCUT2D eigenvalue weighted by Crippen LogP contribution is -2.39. The van der Waals surface area contributed by atoms with Crippen molar-refractivity contribution in [3.05, 3.63) is 29.8 Å². The number of rotatable bonds is 4. The lowest BCUT2D eigenvalue weighted by atomic mass is 10.2. The molecule has 1 saturated heterocycles. The molecule has 0 unspecified atom stereocenters. The van der Waals surface area contributed by atoms with Crippen LogP contribution in [0.3, 0.4) is 0 Å². The molecule has 0 bridgehead atoms. The molecule has 1 amide bonds. The Balaban J connectivity index is 2.03. The molecule has 0 aliphatic carbocycles. The molecule has 0 spiro atoms. The van der Waals surface area contributed by atoms with E-state index in [9.17, 15) is 17.6 Å². The molecule has 0 aromatic carbocycles. The zero-order valence-electron chi connectivity index (χ0n) is 13.4. The van der Waals surface area contributed by atoms with Crippen LogP contribution in [0.5, 0.6) is 0 Å². The zero-order chi connectivity index (χ0) is 17.5. The first-order valence-electron chi connectivity index (χ1n) is 7.46. The molecule has 2 aromatic rings. The number of hydrogen-bond acceptors (Lipinski definition) is 5. The summed E-state index contributed by atoms with van der Waals surface area (Å²) in [4.78, 5) is 14.2. The monoisotopic (exact) mass is 355 g/mol. The fourth-order valence-electron chi connectivity index (χ4n) is 2.66. The number of nitrogens with zero attached hydrogens (tertiary/aromatic N) is 4. The quantitative estimate of drug-likeness (QED) is 0.868. The van der Waals surface area contributed by atoms with E-state index < -0.39 is 21.9 Å². The largest absolute Gasteiger partial charge is 0.369 e. The van der Waals surface area contributed by atoms with Crippen molar-refractivity contribution in [2.45, 2.75) is 12.8 Å². The first kappa shape index (κ1) is 16.7. The number of hydrogen-bond donors (Lipinski definition) is 1. The van der Waals surface area contributed by atoms with Gasteiger partial charge in [0.2, 0.25) is 0 Å². The molecule has 3 heterocycles. The van der Waals surface area contributed by atoms with Crippen LogP contribution in [0.1, 0.15) is 23.2 Å². The highest BCUT2D eigenvalue weighted by atomic mass is 32.2. The molecule has 8 nitrogen and oxygen atoms in total. The van der Waals surface area contributed by atoms with Crippen LogP contribution >= 0.6 is 0 Å². The van der Waals surface area contributed by atoms with E-state index in [1.165, 1.54) is 18.6 Å². The molecule has 0 radical (unpaired) electrons. The van der Waals surface area contributed by atoms with Gasteiger partial charge < -0.3 is 4.90 Å². The minimum absolute atomic E-state index is 0.0362. The van der Waals surface area contributed by atoms with Crippen molar-refractivity contribution in [2.75, 3.05) is 32.1 Å². The molecule has 130 valence electrons. The second-order valence-electron chi connectivity index (χ2n) is 5.78.